The number of hydrogen-bond donors (Lipinski definition) is 3. The van der Waals surface area contributed by atoms with Crippen molar-refractivity contribution in [2.45, 2.75) is 30.6 Å². The second-order valence-electron chi connectivity index (χ2n) is 4.03. The van der Waals surface area contributed by atoms with E-state index in [4.69, 9.17) is 5.11 Å². The van der Waals surface area contributed by atoms with Gasteiger partial charge in [-0.15, -0.1) is 0 Å². The van der Waals surface area contributed by atoms with Crippen molar-refractivity contribution in [3.8, 4) is 0 Å². The third-order valence-corrected chi connectivity index (χ3v) is 4.51. The molecule has 94 valence electrons. The van der Waals surface area contributed by atoms with E-state index in [1.165, 1.54) is 12.5 Å². The largest absolute Gasteiger partial charge is 0.480 e. The number of carbonyl (C=O) groups is 1. The summed E-state index contributed by atoms with van der Waals surface area (Å²) in [6.45, 7) is 0. The Labute approximate surface area is 98.3 Å². The fourth-order valence-electron chi connectivity index (χ4n) is 1.47. The number of nitrogens with one attached hydrogen (secondary N) is 2. The molecule has 1 aromatic rings. The summed E-state index contributed by atoms with van der Waals surface area (Å²) < 4.78 is 25.5. The maximum absolute atomic E-state index is 11.6. The van der Waals surface area contributed by atoms with Crippen LogP contribution < -0.4 is 4.72 Å². The zero-order chi connectivity index (χ0) is 12.5. The predicted octanol–water partition coefficient (Wildman–Crippen LogP) is -0.513. The molecule has 1 heterocycles. The van der Waals surface area contributed by atoms with Crippen LogP contribution in [-0.4, -0.2) is 40.8 Å². The molecule has 0 aliphatic heterocycles. The second kappa shape index (κ2) is 4.46. The van der Waals surface area contributed by atoms with Gasteiger partial charge in [0.1, 0.15) is 6.04 Å². The first kappa shape index (κ1) is 12.1. The Morgan fingerprint density at radius 3 is 2.82 bits per heavy atom. The molecular weight excluding hydrogens is 246 g/mol. The molecule has 0 spiro atoms. The molecule has 8 heteroatoms. The van der Waals surface area contributed by atoms with Crippen LogP contribution in [0.3, 0.4) is 0 Å². The van der Waals surface area contributed by atoms with Crippen LogP contribution in [0.15, 0.2) is 12.5 Å². The summed E-state index contributed by atoms with van der Waals surface area (Å²) in [6.07, 6.45) is 4.16. The Hall–Kier alpha value is -1.41. The minimum Gasteiger partial charge on any atom is -0.480 e. The molecule has 1 atom stereocenters. The van der Waals surface area contributed by atoms with Crippen LogP contribution in [0.4, 0.5) is 0 Å². The number of nitrogens with zero attached hydrogens (tertiary/aromatic N) is 1. The zero-order valence-corrected chi connectivity index (χ0v) is 9.77. The maximum atomic E-state index is 11.6. The highest BCUT2D eigenvalue weighted by Crippen LogP contribution is 2.27. The molecule has 0 saturated heterocycles. The number of rotatable bonds is 6. The van der Waals surface area contributed by atoms with E-state index in [0.717, 1.165) is 0 Å². The number of aromatic amines is 1. The van der Waals surface area contributed by atoms with Gasteiger partial charge in [0.15, 0.2) is 0 Å². The number of imidazole rings is 1. The molecule has 0 bridgehead atoms. The number of hydrogen-bond acceptors (Lipinski definition) is 4. The third-order valence-electron chi connectivity index (χ3n) is 2.55. The van der Waals surface area contributed by atoms with Crippen LogP contribution in [0, 0.1) is 0 Å². The molecule has 0 aromatic carbocycles. The maximum Gasteiger partial charge on any atom is 0.322 e. The van der Waals surface area contributed by atoms with Gasteiger partial charge in [-0.05, 0) is 12.8 Å². The topological polar surface area (TPSA) is 112 Å². The fourth-order valence-corrected chi connectivity index (χ4v) is 3.00. The van der Waals surface area contributed by atoms with Gasteiger partial charge in [-0.1, -0.05) is 0 Å². The highest BCUT2D eigenvalue weighted by molar-refractivity contribution is 7.90. The lowest BCUT2D eigenvalue weighted by Gasteiger charge is -2.13. The molecule has 1 aromatic heterocycles. The molecule has 1 fully saturated rings. The van der Waals surface area contributed by atoms with Gasteiger partial charge in [-0.3, -0.25) is 4.79 Å². The van der Waals surface area contributed by atoms with Gasteiger partial charge >= 0.3 is 5.97 Å². The van der Waals surface area contributed by atoms with Crippen molar-refractivity contribution in [3.05, 3.63) is 18.2 Å². The van der Waals surface area contributed by atoms with E-state index in [1.54, 1.807) is 0 Å². The molecule has 1 aliphatic carbocycles. The van der Waals surface area contributed by atoms with Crippen molar-refractivity contribution in [2.24, 2.45) is 0 Å². The van der Waals surface area contributed by atoms with E-state index >= 15 is 0 Å². The van der Waals surface area contributed by atoms with Crippen LogP contribution in [-0.2, 0) is 21.2 Å². The summed E-state index contributed by atoms with van der Waals surface area (Å²) in [6, 6.07) is -1.15. The molecule has 0 amide bonds. The highest BCUT2D eigenvalue weighted by Gasteiger charge is 2.38. The summed E-state index contributed by atoms with van der Waals surface area (Å²) in [5.74, 6) is -1.19. The monoisotopic (exact) mass is 259 g/mol. The van der Waals surface area contributed by atoms with E-state index in [0.29, 0.717) is 18.5 Å². The molecule has 2 rings (SSSR count). The quantitative estimate of drug-likeness (QED) is 0.636. The van der Waals surface area contributed by atoms with Crippen LogP contribution in [0.5, 0.6) is 0 Å². The van der Waals surface area contributed by atoms with E-state index in [1.807, 2.05) is 0 Å². The van der Waals surface area contributed by atoms with Crippen molar-refractivity contribution in [3.63, 3.8) is 0 Å². The first-order chi connectivity index (χ1) is 7.99. The predicted molar refractivity (Wildman–Crippen MR) is 58.8 cm³/mol. The second-order valence-corrected chi connectivity index (χ2v) is 6.03. The number of carboxylic acids is 1. The van der Waals surface area contributed by atoms with Crippen LogP contribution in [0.1, 0.15) is 18.5 Å². The lowest BCUT2D eigenvalue weighted by atomic mass is 10.2. The van der Waals surface area contributed by atoms with Gasteiger partial charge in [0, 0.05) is 18.3 Å². The van der Waals surface area contributed by atoms with Crippen LogP contribution in [0.2, 0.25) is 0 Å². The molecule has 1 saturated carbocycles. The van der Waals surface area contributed by atoms with Crippen LogP contribution >= 0.6 is 0 Å². The number of aromatic nitrogens is 2. The van der Waals surface area contributed by atoms with Crippen LogP contribution in [0.25, 0.3) is 0 Å². The first-order valence-corrected chi connectivity index (χ1v) is 6.75. The Kier molecular flexibility index (Phi) is 3.16. The average molecular weight is 259 g/mol. The summed E-state index contributed by atoms with van der Waals surface area (Å²) in [7, 11) is -3.50. The first-order valence-electron chi connectivity index (χ1n) is 5.20. The number of aliphatic carboxylic acids is 1. The summed E-state index contributed by atoms with van der Waals surface area (Å²) in [4.78, 5) is 17.5. The lowest BCUT2D eigenvalue weighted by molar-refractivity contribution is -0.138. The molecule has 3 N–H and O–H groups in total. The van der Waals surface area contributed by atoms with Crippen molar-refractivity contribution in [2.75, 3.05) is 0 Å². The van der Waals surface area contributed by atoms with Gasteiger partial charge < -0.3 is 10.1 Å². The Balaban J connectivity index is 2.05. The van der Waals surface area contributed by atoms with Crippen molar-refractivity contribution >= 4 is 16.0 Å². The molecule has 7 nitrogen and oxygen atoms in total. The minimum absolute atomic E-state index is 0.0568. The smallest absolute Gasteiger partial charge is 0.322 e. The number of H-pyrrole nitrogens is 1. The normalized spacial score (nSPS) is 17.9. The minimum atomic E-state index is -3.50. The van der Waals surface area contributed by atoms with E-state index < -0.39 is 27.3 Å². The summed E-state index contributed by atoms with van der Waals surface area (Å²) in [5.41, 5.74) is 0.580. The van der Waals surface area contributed by atoms with Crippen molar-refractivity contribution < 1.29 is 18.3 Å². The Bertz CT molecular complexity index is 492. The lowest BCUT2D eigenvalue weighted by Crippen LogP contribution is -2.43. The molecule has 0 radical (unpaired) electrons. The summed E-state index contributed by atoms with van der Waals surface area (Å²) >= 11 is 0. The van der Waals surface area contributed by atoms with E-state index in [-0.39, 0.29) is 6.42 Å². The SMILES string of the molecule is O=C(O)C(Cc1cnc[nH]1)NS(=O)(=O)C1CC1. The molecule has 1 unspecified atom stereocenters. The molecule has 1 aliphatic rings. The van der Waals surface area contributed by atoms with E-state index in [9.17, 15) is 13.2 Å². The highest BCUT2D eigenvalue weighted by atomic mass is 32.2. The fraction of sp³-hybridized carbons (Fsp3) is 0.556. The zero-order valence-electron chi connectivity index (χ0n) is 8.96. The van der Waals surface area contributed by atoms with Gasteiger partial charge in [0.05, 0.1) is 11.6 Å². The number of sulfonamides is 1. The van der Waals surface area contributed by atoms with E-state index in [2.05, 4.69) is 14.7 Å². The third kappa shape index (κ3) is 3.04. The van der Waals surface area contributed by atoms with Gasteiger partial charge in [0.25, 0.3) is 0 Å². The molecular formula is C9H13N3O4S. The Morgan fingerprint density at radius 2 is 2.35 bits per heavy atom. The summed E-state index contributed by atoms with van der Waals surface area (Å²) in [5, 5.41) is 8.55. The standard InChI is InChI=1S/C9H13N3O4S/c13-9(14)8(3-6-4-10-5-11-6)12-17(15,16)7-1-2-7/h4-5,7-8,12H,1-3H2,(H,10,11)(H,13,14). The van der Waals surface area contributed by atoms with Gasteiger partial charge in [-0.25, -0.2) is 18.1 Å². The van der Waals surface area contributed by atoms with Crippen molar-refractivity contribution in [1.82, 2.24) is 14.7 Å². The van der Waals surface area contributed by atoms with Gasteiger partial charge in [-0.2, -0.15) is 0 Å². The Morgan fingerprint density at radius 1 is 1.65 bits per heavy atom. The molecule has 17 heavy (non-hydrogen) atoms. The van der Waals surface area contributed by atoms with Gasteiger partial charge in [0.2, 0.25) is 10.0 Å². The number of carboxylic acid groups (broad SMARTS) is 1. The van der Waals surface area contributed by atoms with Crippen molar-refractivity contribution in [1.29, 1.82) is 0 Å². The average Bonchev–Trinajstić information content (AvgIpc) is 2.98.